The average molecular weight is 401 g/mol. The van der Waals surface area contributed by atoms with Gasteiger partial charge in [0.1, 0.15) is 11.5 Å². The predicted molar refractivity (Wildman–Crippen MR) is 98.0 cm³/mol. The smallest absolute Gasteiger partial charge is 0.259 e. The van der Waals surface area contributed by atoms with Crippen LogP contribution in [-0.4, -0.2) is 16.0 Å². The minimum absolute atomic E-state index is 0.0890. The van der Waals surface area contributed by atoms with Crippen LogP contribution < -0.4 is 5.32 Å². The van der Waals surface area contributed by atoms with Crippen molar-refractivity contribution in [3.63, 3.8) is 0 Å². The Morgan fingerprint density at radius 3 is 2.52 bits per heavy atom. The number of carbonyl (C=O) groups is 1. The van der Waals surface area contributed by atoms with Crippen molar-refractivity contribution in [2.24, 2.45) is 0 Å². The van der Waals surface area contributed by atoms with Gasteiger partial charge in [-0.2, -0.15) is 0 Å². The molecular weight excluding hydrogens is 387 g/mol. The molecule has 4 aromatic rings. The number of rotatable bonds is 3. The molecule has 0 atom stereocenters. The molecule has 9 heteroatoms. The average Bonchev–Trinajstić information content (AvgIpc) is 3.23. The van der Waals surface area contributed by atoms with E-state index in [1.165, 1.54) is 6.07 Å². The summed E-state index contributed by atoms with van der Waals surface area (Å²) in [6, 6.07) is 4.90. The van der Waals surface area contributed by atoms with E-state index in [-0.39, 0.29) is 11.3 Å². The molecule has 1 amide bonds. The highest BCUT2D eigenvalue weighted by molar-refractivity contribution is 6.13. The molecule has 0 aliphatic heterocycles. The van der Waals surface area contributed by atoms with E-state index in [1.54, 1.807) is 26.8 Å². The van der Waals surface area contributed by atoms with Gasteiger partial charge in [-0.05, 0) is 45.0 Å². The van der Waals surface area contributed by atoms with Gasteiger partial charge in [0.15, 0.2) is 17.5 Å². The largest absolute Gasteiger partial charge is 0.466 e. The van der Waals surface area contributed by atoms with Crippen molar-refractivity contribution in [1.82, 2.24) is 10.1 Å². The van der Waals surface area contributed by atoms with Gasteiger partial charge in [-0.3, -0.25) is 4.79 Å². The Bertz CT molecular complexity index is 1280. The first-order chi connectivity index (χ1) is 13.8. The van der Waals surface area contributed by atoms with Gasteiger partial charge in [-0.25, -0.2) is 18.2 Å². The van der Waals surface area contributed by atoms with E-state index in [4.69, 9.17) is 8.94 Å². The van der Waals surface area contributed by atoms with E-state index in [0.717, 1.165) is 12.1 Å². The predicted octanol–water partition coefficient (Wildman–Crippen LogP) is 5.08. The molecule has 0 aliphatic carbocycles. The van der Waals surface area contributed by atoms with Crippen LogP contribution in [-0.2, 0) is 0 Å². The molecule has 0 bridgehead atoms. The second-order valence-electron chi connectivity index (χ2n) is 6.51. The molecular formula is C20H14F3N3O3. The summed E-state index contributed by atoms with van der Waals surface area (Å²) < 4.78 is 51.3. The minimum Gasteiger partial charge on any atom is -0.466 e. The number of halogens is 3. The third-order valence-corrected chi connectivity index (χ3v) is 4.46. The SMILES string of the molecule is Cc1cc(-c2cc(C(=O)Nc3ccc(F)c(F)c3F)c3c(C)noc3n2)c(C)o1. The van der Waals surface area contributed by atoms with E-state index in [2.05, 4.69) is 15.5 Å². The highest BCUT2D eigenvalue weighted by Gasteiger charge is 2.23. The summed E-state index contributed by atoms with van der Waals surface area (Å²) in [6.07, 6.45) is 0. The molecule has 0 fully saturated rings. The second kappa shape index (κ2) is 6.77. The van der Waals surface area contributed by atoms with E-state index in [0.29, 0.717) is 33.9 Å². The first-order valence-electron chi connectivity index (χ1n) is 8.55. The number of anilines is 1. The number of aromatic nitrogens is 2. The quantitative estimate of drug-likeness (QED) is 0.484. The Kier molecular flexibility index (Phi) is 4.37. The van der Waals surface area contributed by atoms with Crippen molar-refractivity contribution in [1.29, 1.82) is 0 Å². The molecule has 6 nitrogen and oxygen atoms in total. The summed E-state index contributed by atoms with van der Waals surface area (Å²) >= 11 is 0. The van der Waals surface area contributed by atoms with Crippen molar-refractivity contribution < 1.29 is 26.9 Å². The van der Waals surface area contributed by atoms with E-state index in [9.17, 15) is 18.0 Å². The van der Waals surface area contributed by atoms with E-state index in [1.807, 2.05) is 0 Å². The summed E-state index contributed by atoms with van der Waals surface area (Å²) in [7, 11) is 0. The van der Waals surface area contributed by atoms with Crippen LogP contribution in [0.4, 0.5) is 18.9 Å². The zero-order valence-corrected chi connectivity index (χ0v) is 15.6. The Balaban J connectivity index is 1.84. The fourth-order valence-corrected chi connectivity index (χ4v) is 3.11. The molecule has 1 N–H and O–H groups in total. The van der Waals surface area contributed by atoms with E-state index >= 15 is 0 Å². The Labute approximate surface area is 162 Å². The van der Waals surface area contributed by atoms with Crippen molar-refractivity contribution in [2.45, 2.75) is 20.8 Å². The number of hydrogen-bond acceptors (Lipinski definition) is 5. The van der Waals surface area contributed by atoms with Crippen LogP contribution >= 0.6 is 0 Å². The summed E-state index contributed by atoms with van der Waals surface area (Å²) in [5, 5.41) is 6.41. The zero-order valence-electron chi connectivity index (χ0n) is 15.6. The first kappa shape index (κ1) is 18.7. The lowest BCUT2D eigenvalue weighted by Crippen LogP contribution is -2.15. The third-order valence-electron chi connectivity index (χ3n) is 4.46. The lowest BCUT2D eigenvalue weighted by atomic mass is 10.1. The topological polar surface area (TPSA) is 81.2 Å². The maximum Gasteiger partial charge on any atom is 0.259 e. The molecule has 0 saturated heterocycles. The van der Waals surface area contributed by atoms with Gasteiger partial charge >= 0.3 is 0 Å². The number of nitrogens with one attached hydrogen (secondary N) is 1. The number of carbonyl (C=O) groups excluding carboxylic acids is 1. The lowest BCUT2D eigenvalue weighted by molar-refractivity contribution is 0.102. The molecule has 0 unspecified atom stereocenters. The van der Waals surface area contributed by atoms with Gasteiger partial charge < -0.3 is 14.3 Å². The second-order valence-corrected chi connectivity index (χ2v) is 6.51. The third kappa shape index (κ3) is 3.14. The number of aryl methyl sites for hydroxylation is 3. The molecule has 0 aliphatic rings. The molecule has 29 heavy (non-hydrogen) atoms. The Hall–Kier alpha value is -3.62. The molecule has 0 radical (unpaired) electrons. The highest BCUT2D eigenvalue weighted by atomic mass is 19.2. The summed E-state index contributed by atoms with van der Waals surface area (Å²) in [4.78, 5) is 17.3. The zero-order chi connectivity index (χ0) is 20.9. The fourth-order valence-electron chi connectivity index (χ4n) is 3.11. The van der Waals surface area contributed by atoms with E-state index < -0.39 is 29.0 Å². The van der Waals surface area contributed by atoms with Crippen LogP contribution in [0.3, 0.4) is 0 Å². The van der Waals surface area contributed by atoms with Crippen LogP contribution in [0.2, 0.25) is 0 Å². The van der Waals surface area contributed by atoms with Crippen LogP contribution in [0.25, 0.3) is 22.4 Å². The van der Waals surface area contributed by atoms with Crippen molar-refractivity contribution in [2.75, 3.05) is 5.32 Å². The molecule has 4 rings (SSSR count). The van der Waals surface area contributed by atoms with Gasteiger partial charge in [0.25, 0.3) is 11.6 Å². The Morgan fingerprint density at radius 2 is 1.83 bits per heavy atom. The maximum atomic E-state index is 14.0. The fraction of sp³-hybridized carbons (Fsp3) is 0.150. The number of nitrogens with zero attached hydrogens (tertiary/aromatic N) is 2. The normalized spacial score (nSPS) is 11.2. The van der Waals surface area contributed by atoms with Gasteiger partial charge in [0.05, 0.1) is 28.0 Å². The van der Waals surface area contributed by atoms with Crippen LogP contribution in [0.1, 0.15) is 27.6 Å². The number of fused-ring (bicyclic) bond motifs is 1. The number of amides is 1. The molecule has 3 aromatic heterocycles. The van der Waals surface area contributed by atoms with Crippen LogP contribution in [0, 0.1) is 38.2 Å². The van der Waals surface area contributed by atoms with Gasteiger partial charge in [-0.1, -0.05) is 5.16 Å². The minimum atomic E-state index is -1.67. The number of benzene rings is 1. The summed E-state index contributed by atoms with van der Waals surface area (Å²) in [5.41, 5.74) is 1.13. The summed E-state index contributed by atoms with van der Waals surface area (Å²) in [6.45, 7) is 5.14. The number of pyridine rings is 1. The standard InChI is InChI=1S/C20H14F3N3O3/c1-8-6-11(10(3)28-8)15-7-12(16-9(2)26-29-20(16)25-15)19(27)24-14-5-4-13(21)17(22)18(14)23/h4-7H,1-3H3,(H,24,27). The Morgan fingerprint density at radius 1 is 1.07 bits per heavy atom. The maximum absolute atomic E-state index is 14.0. The molecule has 148 valence electrons. The van der Waals surface area contributed by atoms with Crippen LogP contribution in [0.5, 0.6) is 0 Å². The number of hydrogen-bond donors (Lipinski definition) is 1. The monoisotopic (exact) mass is 401 g/mol. The molecule has 1 aromatic carbocycles. The molecule has 3 heterocycles. The molecule has 0 spiro atoms. The van der Waals surface area contributed by atoms with Crippen molar-refractivity contribution in [3.8, 4) is 11.3 Å². The van der Waals surface area contributed by atoms with Gasteiger partial charge in [-0.15, -0.1) is 0 Å². The highest BCUT2D eigenvalue weighted by Crippen LogP contribution is 2.31. The van der Waals surface area contributed by atoms with Gasteiger partial charge in [0, 0.05) is 5.56 Å². The van der Waals surface area contributed by atoms with Crippen molar-refractivity contribution >= 4 is 22.7 Å². The lowest BCUT2D eigenvalue weighted by Gasteiger charge is -2.09. The first-order valence-corrected chi connectivity index (χ1v) is 8.55. The van der Waals surface area contributed by atoms with Crippen LogP contribution in [0.15, 0.2) is 33.2 Å². The van der Waals surface area contributed by atoms with Gasteiger partial charge in [0.2, 0.25) is 0 Å². The number of furan rings is 1. The van der Waals surface area contributed by atoms with Crippen molar-refractivity contribution in [3.05, 3.63) is 64.5 Å². The molecule has 0 saturated carbocycles. The summed E-state index contributed by atoms with van der Waals surface area (Å²) in [5.74, 6) is -4.03.